The van der Waals surface area contributed by atoms with Crippen molar-refractivity contribution in [3.8, 4) is 5.75 Å². The Bertz CT molecular complexity index is 845. The highest BCUT2D eigenvalue weighted by Gasteiger charge is 2.31. The van der Waals surface area contributed by atoms with Crippen molar-refractivity contribution in [1.29, 1.82) is 0 Å². The number of nitrogens with zero attached hydrogens (tertiary/aromatic N) is 3. The minimum absolute atomic E-state index is 0.113. The Morgan fingerprint density at radius 2 is 2.04 bits per heavy atom. The van der Waals surface area contributed by atoms with Crippen molar-refractivity contribution in [3.05, 3.63) is 35.7 Å². The lowest BCUT2D eigenvalue weighted by Crippen LogP contribution is -2.50. The number of fused-ring (bicyclic) bond motifs is 1. The molecule has 2 N–H and O–H groups in total. The summed E-state index contributed by atoms with van der Waals surface area (Å²) in [4.78, 5) is 26.5. The van der Waals surface area contributed by atoms with Gasteiger partial charge in [-0.2, -0.15) is 5.10 Å². The van der Waals surface area contributed by atoms with Crippen LogP contribution in [0.15, 0.2) is 24.3 Å². The van der Waals surface area contributed by atoms with Gasteiger partial charge in [-0.25, -0.2) is 0 Å². The topological polar surface area (TPSA) is 88.5 Å². The SMILES string of the molecule is CNC(=O)[C@H]1CN(CC(=O)Nc2c(C)nn(C)c2C)c2ccccc2O1. The number of hydrogen-bond acceptors (Lipinski definition) is 5. The van der Waals surface area contributed by atoms with Crippen molar-refractivity contribution in [1.82, 2.24) is 15.1 Å². The molecule has 0 spiro atoms. The summed E-state index contributed by atoms with van der Waals surface area (Å²) in [6.45, 7) is 4.17. The molecule has 8 heteroatoms. The molecule has 0 radical (unpaired) electrons. The van der Waals surface area contributed by atoms with Gasteiger partial charge < -0.3 is 20.3 Å². The van der Waals surface area contributed by atoms with Crippen LogP contribution in [0.5, 0.6) is 5.75 Å². The lowest BCUT2D eigenvalue weighted by molar-refractivity contribution is -0.127. The number of carbonyl (C=O) groups excluding carboxylic acids is 2. The molecule has 0 saturated carbocycles. The van der Waals surface area contributed by atoms with E-state index < -0.39 is 6.10 Å². The monoisotopic (exact) mass is 357 g/mol. The Morgan fingerprint density at radius 1 is 1.31 bits per heavy atom. The summed E-state index contributed by atoms with van der Waals surface area (Å²) in [5, 5.41) is 9.83. The molecule has 1 atom stereocenters. The first-order valence-corrected chi connectivity index (χ1v) is 8.43. The van der Waals surface area contributed by atoms with Crippen LogP contribution in [0, 0.1) is 13.8 Å². The second kappa shape index (κ2) is 7.07. The van der Waals surface area contributed by atoms with Crippen LogP contribution in [0.2, 0.25) is 0 Å². The summed E-state index contributed by atoms with van der Waals surface area (Å²) in [5.74, 6) is 0.203. The van der Waals surface area contributed by atoms with Gasteiger partial charge in [0.1, 0.15) is 5.75 Å². The van der Waals surface area contributed by atoms with Gasteiger partial charge in [0.2, 0.25) is 5.91 Å². The lowest BCUT2D eigenvalue weighted by atomic mass is 10.1. The zero-order chi connectivity index (χ0) is 18.8. The molecule has 1 aliphatic heterocycles. The summed E-state index contributed by atoms with van der Waals surface area (Å²) in [7, 11) is 3.40. The number of aromatic nitrogens is 2. The summed E-state index contributed by atoms with van der Waals surface area (Å²) in [5.41, 5.74) is 3.18. The van der Waals surface area contributed by atoms with Gasteiger partial charge in [-0.3, -0.25) is 14.3 Å². The van der Waals surface area contributed by atoms with Crippen molar-refractivity contribution in [2.45, 2.75) is 20.0 Å². The largest absolute Gasteiger partial charge is 0.477 e. The average molecular weight is 357 g/mol. The van der Waals surface area contributed by atoms with Crippen LogP contribution in [0.1, 0.15) is 11.4 Å². The Morgan fingerprint density at radius 3 is 2.69 bits per heavy atom. The zero-order valence-electron chi connectivity index (χ0n) is 15.4. The fourth-order valence-corrected chi connectivity index (χ4v) is 3.06. The first kappa shape index (κ1) is 17.8. The van der Waals surface area contributed by atoms with E-state index in [-0.39, 0.29) is 18.4 Å². The Hall–Kier alpha value is -3.03. The summed E-state index contributed by atoms with van der Waals surface area (Å²) in [6, 6.07) is 7.39. The van der Waals surface area contributed by atoms with E-state index >= 15 is 0 Å². The van der Waals surface area contributed by atoms with Crippen molar-refractivity contribution >= 4 is 23.2 Å². The third kappa shape index (κ3) is 3.35. The first-order valence-electron chi connectivity index (χ1n) is 8.43. The molecule has 0 unspecified atom stereocenters. The predicted molar refractivity (Wildman–Crippen MR) is 98.4 cm³/mol. The summed E-state index contributed by atoms with van der Waals surface area (Å²) >= 11 is 0. The number of para-hydroxylation sites is 2. The average Bonchev–Trinajstić information content (AvgIpc) is 2.87. The van der Waals surface area contributed by atoms with Gasteiger partial charge >= 0.3 is 0 Å². The minimum atomic E-state index is -0.662. The molecule has 8 nitrogen and oxygen atoms in total. The molecule has 1 aromatic heterocycles. The number of nitrogens with one attached hydrogen (secondary N) is 2. The molecule has 0 fully saturated rings. The van der Waals surface area contributed by atoms with E-state index in [2.05, 4.69) is 15.7 Å². The van der Waals surface area contributed by atoms with Crippen molar-refractivity contribution in [2.24, 2.45) is 7.05 Å². The standard InChI is InChI=1S/C18H23N5O3/c1-11-17(12(2)22(4)21-11)20-16(24)10-23-9-15(18(25)19-3)26-14-8-6-5-7-13(14)23/h5-8,15H,9-10H2,1-4H3,(H,19,25)(H,20,24)/t15-/m1/s1. The molecule has 1 aliphatic rings. The zero-order valence-corrected chi connectivity index (χ0v) is 15.4. The van der Waals surface area contributed by atoms with E-state index in [9.17, 15) is 9.59 Å². The Balaban J connectivity index is 1.79. The third-order valence-corrected chi connectivity index (χ3v) is 4.51. The van der Waals surface area contributed by atoms with E-state index in [4.69, 9.17) is 4.74 Å². The number of likely N-dealkylation sites (N-methyl/N-ethyl adjacent to an activating group) is 1. The molecule has 1 aromatic carbocycles. The maximum atomic E-state index is 12.6. The highest BCUT2D eigenvalue weighted by molar-refractivity contribution is 5.95. The molecule has 0 aliphatic carbocycles. The second-order valence-electron chi connectivity index (χ2n) is 6.29. The van der Waals surface area contributed by atoms with E-state index in [1.54, 1.807) is 17.8 Å². The fraction of sp³-hybridized carbons (Fsp3) is 0.389. The Labute approximate surface area is 152 Å². The molecule has 2 heterocycles. The maximum Gasteiger partial charge on any atom is 0.262 e. The predicted octanol–water partition coefficient (Wildman–Crippen LogP) is 0.989. The van der Waals surface area contributed by atoms with E-state index in [0.717, 1.165) is 22.8 Å². The van der Waals surface area contributed by atoms with Gasteiger partial charge in [-0.15, -0.1) is 0 Å². The molecular weight excluding hydrogens is 334 g/mol. The van der Waals surface area contributed by atoms with Crippen LogP contribution in [0.25, 0.3) is 0 Å². The number of rotatable bonds is 4. The van der Waals surface area contributed by atoms with Crippen LogP contribution in [-0.4, -0.2) is 47.8 Å². The minimum Gasteiger partial charge on any atom is -0.477 e. The van der Waals surface area contributed by atoms with E-state index in [0.29, 0.717) is 12.3 Å². The normalized spacial score (nSPS) is 15.8. The van der Waals surface area contributed by atoms with Crippen LogP contribution >= 0.6 is 0 Å². The van der Waals surface area contributed by atoms with Gasteiger partial charge in [-0.05, 0) is 26.0 Å². The number of carbonyl (C=O) groups is 2. The van der Waals surface area contributed by atoms with E-state index in [1.807, 2.05) is 44.0 Å². The van der Waals surface area contributed by atoms with Crippen LogP contribution in [0.3, 0.4) is 0 Å². The first-order chi connectivity index (χ1) is 12.4. The lowest BCUT2D eigenvalue weighted by Gasteiger charge is -2.35. The van der Waals surface area contributed by atoms with Crippen molar-refractivity contribution in [3.63, 3.8) is 0 Å². The van der Waals surface area contributed by atoms with Crippen LogP contribution in [-0.2, 0) is 16.6 Å². The molecule has 138 valence electrons. The van der Waals surface area contributed by atoms with Crippen molar-refractivity contribution < 1.29 is 14.3 Å². The van der Waals surface area contributed by atoms with Gasteiger partial charge in [0, 0.05) is 14.1 Å². The molecule has 3 rings (SSSR count). The molecule has 0 saturated heterocycles. The number of anilines is 2. The molecule has 2 amide bonds. The Kier molecular flexibility index (Phi) is 4.83. The maximum absolute atomic E-state index is 12.6. The highest BCUT2D eigenvalue weighted by atomic mass is 16.5. The number of aryl methyl sites for hydroxylation is 2. The molecule has 0 bridgehead atoms. The summed E-state index contributed by atoms with van der Waals surface area (Å²) in [6.07, 6.45) is -0.662. The van der Waals surface area contributed by atoms with Gasteiger partial charge in [0.15, 0.2) is 6.10 Å². The number of ether oxygens (including phenoxy) is 1. The molecule has 26 heavy (non-hydrogen) atoms. The third-order valence-electron chi connectivity index (χ3n) is 4.51. The van der Waals surface area contributed by atoms with Crippen LogP contribution in [0.4, 0.5) is 11.4 Å². The molecule has 2 aromatic rings. The van der Waals surface area contributed by atoms with Gasteiger partial charge in [0.05, 0.1) is 35.9 Å². The number of benzene rings is 1. The quantitative estimate of drug-likeness (QED) is 0.852. The van der Waals surface area contributed by atoms with Gasteiger partial charge in [0.25, 0.3) is 5.91 Å². The smallest absolute Gasteiger partial charge is 0.262 e. The van der Waals surface area contributed by atoms with Crippen LogP contribution < -0.4 is 20.3 Å². The van der Waals surface area contributed by atoms with Gasteiger partial charge in [-0.1, -0.05) is 12.1 Å². The number of amides is 2. The van der Waals surface area contributed by atoms with E-state index in [1.165, 1.54) is 0 Å². The second-order valence-corrected chi connectivity index (χ2v) is 6.29. The summed E-state index contributed by atoms with van der Waals surface area (Å²) < 4.78 is 7.49. The fourth-order valence-electron chi connectivity index (χ4n) is 3.06. The van der Waals surface area contributed by atoms with Crippen molar-refractivity contribution in [2.75, 3.05) is 30.4 Å². The highest BCUT2D eigenvalue weighted by Crippen LogP contribution is 2.33. The number of hydrogen-bond donors (Lipinski definition) is 2. The molecular formula is C18H23N5O3.